The lowest BCUT2D eigenvalue weighted by Crippen LogP contribution is -2.20. The standard InChI is InChI=1S/C42H32N2/c1-3-11-29(12-4-1)32-19-23-35-36-24-20-33(28-38(36)42(37(35)27-32)25-9-10-26-42)30-17-21-34(22-18-30)44-40-16-8-7-15-39(40)43-41(44)31-13-5-2-6-14-31/h1-8,11-24,27-28H,9-10,25-26H2. The average molecular weight is 565 g/mol. The summed E-state index contributed by atoms with van der Waals surface area (Å²) in [5, 5.41) is 0. The molecule has 44 heavy (non-hydrogen) atoms. The van der Waals surface area contributed by atoms with Crippen LogP contribution in [0.15, 0.2) is 146 Å². The molecule has 2 nitrogen and oxygen atoms in total. The fourth-order valence-electron chi connectivity index (χ4n) is 7.87. The van der Waals surface area contributed by atoms with Gasteiger partial charge in [-0.2, -0.15) is 0 Å². The van der Waals surface area contributed by atoms with Gasteiger partial charge in [0.25, 0.3) is 0 Å². The number of aromatic nitrogens is 2. The average Bonchev–Trinajstić information content (AvgIpc) is 3.81. The molecule has 1 fully saturated rings. The highest BCUT2D eigenvalue weighted by Crippen LogP contribution is 2.58. The van der Waals surface area contributed by atoms with Crippen LogP contribution in [-0.2, 0) is 5.41 Å². The molecule has 0 atom stereocenters. The van der Waals surface area contributed by atoms with Crippen LogP contribution in [0, 0.1) is 0 Å². The van der Waals surface area contributed by atoms with Crippen LogP contribution in [0.4, 0.5) is 0 Å². The maximum atomic E-state index is 5.03. The molecule has 2 aliphatic carbocycles. The lowest BCUT2D eigenvalue weighted by Gasteiger charge is -2.27. The number of hydrogen-bond donors (Lipinski definition) is 0. The van der Waals surface area contributed by atoms with Gasteiger partial charge in [0.1, 0.15) is 5.82 Å². The second-order valence-electron chi connectivity index (χ2n) is 12.3. The Kier molecular flexibility index (Phi) is 5.71. The van der Waals surface area contributed by atoms with E-state index in [9.17, 15) is 0 Å². The van der Waals surface area contributed by atoms with E-state index in [1.165, 1.54) is 70.2 Å². The largest absolute Gasteiger partial charge is 0.292 e. The molecule has 0 aliphatic heterocycles. The molecular formula is C42H32N2. The number of nitrogens with zero attached hydrogens (tertiary/aromatic N) is 2. The number of benzene rings is 6. The molecule has 0 amide bonds. The van der Waals surface area contributed by atoms with Crippen molar-refractivity contribution in [2.75, 3.05) is 0 Å². The fraction of sp³-hybridized carbons (Fsp3) is 0.119. The van der Waals surface area contributed by atoms with E-state index in [1.54, 1.807) is 0 Å². The molecule has 0 bridgehead atoms. The normalized spacial score (nSPS) is 14.6. The van der Waals surface area contributed by atoms with Crippen molar-refractivity contribution in [1.82, 2.24) is 9.55 Å². The summed E-state index contributed by atoms with van der Waals surface area (Å²) in [6.07, 6.45) is 5.03. The quantitative estimate of drug-likeness (QED) is 0.208. The third-order valence-electron chi connectivity index (χ3n) is 9.98. The summed E-state index contributed by atoms with van der Waals surface area (Å²) < 4.78 is 2.28. The highest BCUT2D eigenvalue weighted by molar-refractivity contribution is 5.87. The second kappa shape index (κ2) is 9.92. The van der Waals surface area contributed by atoms with E-state index in [1.807, 2.05) is 0 Å². The molecule has 0 unspecified atom stereocenters. The summed E-state index contributed by atoms with van der Waals surface area (Å²) in [5.74, 6) is 0.966. The Morgan fingerprint density at radius 1 is 0.477 bits per heavy atom. The zero-order valence-corrected chi connectivity index (χ0v) is 24.6. The van der Waals surface area contributed by atoms with Crippen molar-refractivity contribution >= 4 is 11.0 Å². The van der Waals surface area contributed by atoms with Crippen molar-refractivity contribution < 1.29 is 0 Å². The van der Waals surface area contributed by atoms with E-state index < -0.39 is 0 Å². The van der Waals surface area contributed by atoms with E-state index in [0.717, 1.165) is 28.1 Å². The molecule has 210 valence electrons. The topological polar surface area (TPSA) is 17.8 Å². The number of rotatable bonds is 4. The Morgan fingerprint density at radius 2 is 1.00 bits per heavy atom. The highest BCUT2D eigenvalue weighted by atomic mass is 15.1. The first-order chi connectivity index (χ1) is 21.8. The molecule has 2 aliphatic rings. The van der Waals surface area contributed by atoms with Crippen molar-refractivity contribution in [3.8, 4) is 50.5 Å². The van der Waals surface area contributed by atoms with Crippen LogP contribution in [0.5, 0.6) is 0 Å². The molecule has 1 heterocycles. The summed E-state index contributed by atoms with van der Waals surface area (Å²) in [6, 6.07) is 53.1. The maximum absolute atomic E-state index is 5.03. The molecule has 7 aromatic rings. The lowest BCUT2D eigenvalue weighted by molar-refractivity contribution is 0.550. The predicted octanol–water partition coefficient (Wildman–Crippen LogP) is 10.9. The van der Waals surface area contributed by atoms with Crippen LogP contribution in [0.3, 0.4) is 0 Å². The van der Waals surface area contributed by atoms with Gasteiger partial charge in [-0.3, -0.25) is 4.57 Å². The first kappa shape index (κ1) is 25.3. The van der Waals surface area contributed by atoms with Gasteiger partial charge >= 0.3 is 0 Å². The van der Waals surface area contributed by atoms with Gasteiger partial charge in [0.05, 0.1) is 11.0 Å². The van der Waals surface area contributed by atoms with Crippen LogP contribution in [-0.4, -0.2) is 9.55 Å². The smallest absolute Gasteiger partial charge is 0.145 e. The van der Waals surface area contributed by atoms with Crippen LogP contribution in [0.25, 0.3) is 61.5 Å². The Hall–Kier alpha value is -5.21. The van der Waals surface area contributed by atoms with Crippen LogP contribution < -0.4 is 0 Å². The third-order valence-corrected chi connectivity index (χ3v) is 9.98. The monoisotopic (exact) mass is 564 g/mol. The molecule has 1 aromatic heterocycles. The number of hydrogen-bond acceptors (Lipinski definition) is 1. The van der Waals surface area contributed by atoms with Gasteiger partial charge in [-0.15, -0.1) is 0 Å². The van der Waals surface area contributed by atoms with Gasteiger partial charge < -0.3 is 0 Å². The summed E-state index contributed by atoms with van der Waals surface area (Å²) in [4.78, 5) is 5.03. The van der Waals surface area contributed by atoms with Crippen LogP contribution in [0.1, 0.15) is 36.8 Å². The van der Waals surface area contributed by atoms with E-state index in [0.29, 0.717) is 0 Å². The third kappa shape index (κ3) is 3.84. The van der Waals surface area contributed by atoms with Crippen molar-refractivity contribution in [2.45, 2.75) is 31.1 Å². The molecule has 0 N–H and O–H groups in total. The Balaban J connectivity index is 1.12. The highest BCUT2D eigenvalue weighted by Gasteiger charge is 2.45. The number of fused-ring (bicyclic) bond motifs is 6. The van der Waals surface area contributed by atoms with Gasteiger partial charge in [0, 0.05) is 16.7 Å². The molecule has 1 saturated carbocycles. The summed E-state index contributed by atoms with van der Waals surface area (Å²) in [5.41, 5.74) is 15.5. The maximum Gasteiger partial charge on any atom is 0.145 e. The predicted molar refractivity (Wildman–Crippen MR) is 182 cm³/mol. The number of imidazole rings is 1. The molecule has 1 spiro atoms. The molecular weight excluding hydrogens is 532 g/mol. The molecule has 0 radical (unpaired) electrons. The molecule has 6 aromatic carbocycles. The van der Waals surface area contributed by atoms with Crippen molar-refractivity contribution in [1.29, 1.82) is 0 Å². The Labute approximate surface area is 258 Å². The van der Waals surface area contributed by atoms with Crippen LogP contribution in [0.2, 0.25) is 0 Å². The zero-order valence-electron chi connectivity index (χ0n) is 24.6. The fourth-order valence-corrected chi connectivity index (χ4v) is 7.87. The van der Waals surface area contributed by atoms with Gasteiger partial charge in [0.2, 0.25) is 0 Å². The van der Waals surface area contributed by atoms with Gasteiger partial charge in [-0.25, -0.2) is 4.98 Å². The van der Waals surface area contributed by atoms with E-state index in [4.69, 9.17) is 4.98 Å². The van der Waals surface area contributed by atoms with Gasteiger partial charge in [-0.05, 0) is 93.7 Å². The summed E-state index contributed by atoms with van der Waals surface area (Å²) >= 11 is 0. The Morgan fingerprint density at radius 3 is 1.64 bits per heavy atom. The lowest BCUT2D eigenvalue weighted by atomic mass is 9.75. The molecule has 0 saturated heterocycles. The summed E-state index contributed by atoms with van der Waals surface area (Å²) in [7, 11) is 0. The number of para-hydroxylation sites is 2. The van der Waals surface area contributed by atoms with E-state index in [-0.39, 0.29) is 5.41 Å². The Bertz CT molecular complexity index is 2150. The van der Waals surface area contributed by atoms with E-state index in [2.05, 4.69) is 150 Å². The second-order valence-corrected chi connectivity index (χ2v) is 12.3. The minimum atomic E-state index is 0.117. The summed E-state index contributed by atoms with van der Waals surface area (Å²) in [6.45, 7) is 0. The van der Waals surface area contributed by atoms with Crippen molar-refractivity contribution in [3.05, 3.63) is 157 Å². The van der Waals surface area contributed by atoms with Gasteiger partial charge in [0.15, 0.2) is 0 Å². The molecule has 2 heteroatoms. The minimum Gasteiger partial charge on any atom is -0.292 e. The first-order valence-electron chi connectivity index (χ1n) is 15.8. The minimum absolute atomic E-state index is 0.117. The molecule has 9 rings (SSSR count). The van der Waals surface area contributed by atoms with Crippen molar-refractivity contribution in [3.63, 3.8) is 0 Å². The van der Waals surface area contributed by atoms with Crippen LogP contribution >= 0.6 is 0 Å². The van der Waals surface area contributed by atoms with Crippen molar-refractivity contribution in [2.24, 2.45) is 0 Å². The van der Waals surface area contributed by atoms with E-state index >= 15 is 0 Å². The van der Waals surface area contributed by atoms with Gasteiger partial charge in [-0.1, -0.05) is 122 Å². The zero-order chi connectivity index (χ0) is 29.1. The SMILES string of the molecule is c1ccc(-c2ccc3c(c2)C2(CCCC2)c2cc(-c4ccc(-n5c(-c6ccccc6)nc6ccccc65)cc4)ccc2-3)cc1. The first-order valence-corrected chi connectivity index (χ1v) is 15.8.